The Morgan fingerprint density at radius 2 is 1.94 bits per heavy atom. The van der Waals surface area contributed by atoms with Crippen LogP contribution in [0, 0.1) is 34.8 Å². The van der Waals surface area contributed by atoms with E-state index in [9.17, 15) is 19.2 Å². The average Bonchev–Trinajstić information content (AvgIpc) is 4.01. The van der Waals surface area contributed by atoms with Gasteiger partial charge in [0.15, 0.2) is 5.82 Å². The van der Waals surface area contributed by atoms with E-state index < -0.39 is 17.3 Å². The molecule has 2 unspecified atom stereocenters. The van der Waals surface area contributed by atoms with Crippen molar-refractivity contribution >= 4 is 55.3 Å². The van der Waals surface area contributed by atoms with E-state index in [1.807, 2.05) is 6.07 Å². The highest BCUT2D eigenvalue weighted by Crippen LogP contribution is 2.45. The number of thiophene rings is 1. The van der Waals surface area contributed by atoms with Gasteiger partial charge in [-0.25, -0.2) is 13.6 Å². The standard InChI is InChI=1S/C23H16ClF2N5O3S.C8H15N.C5H9N/c24-14-7-12-19(29-23(33)30-22(12)34-10-3-5-31(9-32)6-4-10)18(26)17(14)11-1-2-15(25)20-16(11)13(8-27)21(28)35-20;1-7-5-8-3-2-4-9(8)6-7;1-2-4(1)5-3-6-5/h1-2,7,9-10H,3-6,28H2,(H,29,30,33);7-8H,2-6H2,1H3;4-6H,1-3H2/t;7-,8?;/m.1./s1. The van der Waals surface area contributed by atoms with Gasteiger partial charge in [-0.3, -0.25) is 4.79 Å². The van der Waals surface area contributed by atoms with E-state index in [4.69, 9.17) is 22.1 Å². The van der Waals surface area contributed by atoms with Gasteiger partial charge in [0.25, 0.3) is 0 Å². The fourth-order valence-electron chi connectivity index (χ4n) is 7.54. The molecule has 9 rings (SSSR count). The van der Waals surface area contributed by atoms with Crippen LogP contribution in [0.2, 0.25) is 5.02 Å². The summed E-state index contributed by atoms with van der Waals surface area (Å²) >= 11 is 7.39. The minimum absolute atomic E-state index is 0.0176. The first-order valence-electron chi connectivity index (χ1n) is 17.3. The Kier molecular flexibility index (Phi) is 9.98. The van der Waals surface area contributed by atoms with E-state index in [-0.39, 0.29) is 59.7 Å². The second-order valence-electron chi connectivity index (χ2n) is 14.0. The van der Waals surface area contributed by atoms with Crippen molar-refractivity contribution in [3.8, 4) is 23.1 Å². The number of rotatable bonds is 5. The van der Waals surface area contributed by atoms with Crippen LogP contribution in [-0.2, 0) is 4.79 Å². The van der Waals surface area contributed by atoms with Gasteiger partial charge >= 0.3 is 5.69 Å². The summed E-state index contributed by atoms with van der Waals surface area (Å²) in [6, 6.07) is 7.76. The quantitative estimate of drug-likeness (QED) is 0.167. The number of fused-ring (bicyclic) bond motifs is 3. The monoisotopic (exact) mass is 723 g/mol. The van der Waals surface area contributed by atoms with Crippen molar-refractivity contribution in [1.82, 2.24) is 25.1 Å². The molecule has 0 bridgehead atoms. The normalized spacial score (nSPS) is 23.1. The molecule has 4 saturated heterocycles. The van der Waals surface area contributed by atoms with Gasteiger partial charge in [-0.2, -0.15) is 10.2 Å². The number of H-pyrrole nitrogens is 1. The van der Waals surface area contributed by atoms with Gasteiger partial charge in [0.1, 0.15) is 23.0 Å². The van der Waals surface area contributed by atoms with Crippen LogP contribution < -0.4 is 21.5 Å². The molecule has 4 aliphatic heterocycles. The lowest BCUT2D eigenvalue weighted by Crippen LogP contribution is -2.37. The minimum Gasteiger partial charge on any atom is -0.474 e. The third-order valence-electron chi connectivity index (χ3n) is 10.3. The van der Waals surface area contributed by atoms with Crippen LogP contribution in [0.15, 0.2) is 23.0 Å². The van der Waals surface area contributed by atoms with E-state index in [0.29, 0.717) is 25.9 Å². The number of ether oxygens (including phenoxy) is 1. The maximum absolute atomic E-state index is 15.9. The van der Waals surface area contributed by atoms with Crippen molar-refractivity contribution in [2.75, 3.05) is 38.5 Å². The molecule has 5 aliphatic rings. The van der Waals surface area contributed by atoms with Crippen LogP contribution in [0.3, 0.4) is 0 Å². The van der Waals surface area contributed by atoms with E-state index in [0.717, 1.165) is 47.7 Å². The molecule has 4 aromatic rings. The van der Waals surface area contributed by atoms with Crippen molar-refractivity contribution in [1.29, 1.82) is 5.26 Å². The van der Waals surface area contributed by atoms with Crippen molar-refractivity contribution in [2.45, 2.75) is 70.1 Å². The van der Waals surface area contributed by atoms with Crippen molar-refractivity contribution in [2.24, 2.45) is 11.8 Å². The highest BCUT2D eigenvalue weighted by Gasteiger charge is 2.37. The van der Waals surface area contributed by atoms with Crippen molar-refractivity contribution < 1.29 is 18.3 Å². The van der Waals surface area contributed by atoms with Crippen molar-refractivity contribution in [3.05, 3.63) is 50.9 Å². The topological polar surface area (TPSA) is 150 Å². The predicted molar refractivity (Wildman–Crippen MR) is 191 cm³/mol. The fraction of sp³-hybridized carbons (Fsp3) is 0.500. The van der Waals surface area contributed by atoms with Crippen LogP contribution in [0.25, 0.3) is 32.1 Å². The molecule has 0 spiro atoms. The third-order valence-corrected chi connectivity index (χ3v) is 11.7. The average molecular weight is 724 g/mol. The predicted octanol–water partition coefficient (Wildman–Crippen LogP) is 6.05. The Morgan fingerprint density at radius 1 is 1.18 bits per heavy atom. The molecule has 264 valence electrons. The number of aromatic nitrogens is 2. The van der Waals surface area contributed by atoms with Crippen LogP contribution in [0.1, 0.15) is 57.4 Å². The van der Waals surface area contributed by atoms with E-state index in [2.05, 4.69) is 27.1 Å². The number of anilines is 1. The lowest BCUT2D eigenvalue weighted by molar-refractivity contribution is -0.119. The molecule has 5 fully saturated rings. The zero-order valence-electron chi connectivity index (χ0n) is 27.8. The number of aromatic amines is 1. The zero-order chi connectivity index (χ0) is 35.1. The lowest BCUT2D eigenvalue weighted by Gasteiger charge is -2.29. The summed E-state index contributed by atoms with van der Waals surface area (Å²) in [6.45, 7) is 7.42. The Bertz CT molecular complexity index is 2000. The van der Waals surface area contributed by atoms with Crippen molar-refractivity contribution in [3.63, 3.8) is 0 Å². The molecule has 1 amide bonds. The molecule has 6 heterocycles. The number of nitrogens with two attached hydrogens (primary N) is 1. The number of amides is 1. The molecule has 0 radical (unpaired) electrons. The molecular formula is C36H40ClF2N7O3S. The molecule has 4 N–H and O–H groups in total. The van der Waals surface area contributed by atoms with Gasteiger partial charge in [0.2, 0.25) is 12.3 Å². The number of nitrogen functional groups attached to an aromatic ring is 1. The second-order valence-corrected chi connectivity index (χ2v) is 15.5. The smallest absolute Gasteiger partial charge is 0.348 e. The lowest BCUT2D eigenvalue weighted by atomic mass is 9.97. The molecular weight excluding hydrogens is 684 g/mol. The largest absolute Gasteiger partial charge is 0.474 e. The molecule has 50 heavy (non-hydrogen) atoms. The van der Waals surface area contributed by atoms with E-state index >= 15 is 4.39 Å². The summed E-state index contributed by atoms with van der Waals surface area (Å²) in [4.78, 5) is 33.7. The first kappa shape index (κ1) is 34.6. The molecule has 10 nitrogen and oxygen atoms in total. The Morgan fingerprint density at radius 3 is 2.58 bits per heavy atom. The zero-order valence-corrected chi connectivity index (χ0v) is 29.4. The molecule has 2 aromatic carbocycles. The Balaban J connectivity index is 0.000000210. The molecule has 14 heteroatoms. The van der Waals surface area contributed by atoms with Gasteiger partial charge in [-0.1, -0.05) is 24.6 Å². The number of hydrogen-bond donors (Lipinski definition) is 3. The first-order valence-corrected chi connectivity index (χ1v) is 18.5. The number of carbonyl (C=O) groups excluding carboxylic acids is 1. The third kappa shape index (κ3) is 7.17. The molecule has 1 saturated carbocycles. The summed E-state index contributed by atoms with van der Waals surface area (Å²) in [7, 11) is 0. The van der Waals surface area contributed by atoms with Crippen LogP contribution in [0.5, 0.6) is 5.88 Å². The number of nitrogens with one attached hydrogen (secondary N) is 2. The number of piperidine rings is 1. The number of nitriles is 1. The maximum Gasteiger partial charge on any atom is 0.348 e. The fourth-order valence-corrected chi connectivity index (χ4v) is 8.78. The second kappa shape index (κ2) is 14.4. The van der Waals surface area contributed by atoms with Crippen LogP contribution in [-0.4, -0.2) is 77.1 Å². The number of likely N-dealkylation sites (tertiary alicyclic amines) is 1. The SMILES string of the molecule is C1CC1C1CN1.C[C@@H]1CC2CCCN2C1.N#Cc1c(N)sc2c(F)ccc(-c3c(Cl)cc4c(OC5CCN(C=O)CC5)nc(=O)[nH]c4c3F)c12. The maximum atomic E-state index is 15.9. The van der Waals surface area contributed by atoms with Gasteiger partial charge in [-0.15, -0.1) is 11.3 Å². The Hall–Kier alpha value is -3.83. The summed E-state index contributed by atoms with van der Waals surface area (Å²) < 4.78 is 36.4. The summed E-state index contributed by atoms with van der Waals surface area (Å²) in [5.74, 6) is 0.519. The number of carbonyl (C=O) groups is 1. The van der Waals surface area contributed by atoms with Gasteiger partial charge in [-0.05, 0) is 68.2 Å². The molecule has 1 aliphatic carbocycles. The van der Waals surface area contributed by atoms with E-state index in [1.165, 1.54) is 63.9 Å². The summed E-state index contributed by atoms with van der Waals surface area (Å²) in [6.07, 6.45) is 8.88. The minimum atomic E-state index is -0.880. The van der Waals surface area contributed by atoms with Crippen LogP contribution in [0.4, 0.5) is 13.8 Å². The van der Waals surface area contributed by atoms with Gasteiger partial charge in [0.05, 0.1) is 26.2 Å². The van der Waals surface area contributed by atoms with Gasteiger partial charge in [0, 0.05) is 62.1 Å². The highest BCUT2D eigenvalue weighted by molar-refractivity contribution is 7.23. The summed E-state index contributed by atoms with van der Waals surface area (Å²) in [5.41, 5.74) is 4.94. The van der Waals surface area contributed by atoms with Gasteiger partial charge < -0.3 is 30.6 Å². The van der Waals surface area contributed by atoms with E-state index in [1.54, 1.807) is 4.90 Å². The summed E-state index contributed by atoms with van der Waals surface area (Å²) in [5, 5.41) is 13.2. The van der Waals surface area contributed by atoms with Crippen LogP contribution >= 0.6 is 22.9 Å². The Labute approximate surface area is 297 Å². The molecule has 3 atom stereocenters. The highest BCUT2D eigenvalue weighted by atomic mass is 35.5. The molecule has 2 aromatic heterocycles. The number of nitrogens with zero attached hydrogens (tertiary/aromatic N) is 4. The number of hydrogen-bond acceptors (Lipinski definition) is 9. The number of halogens is 3. The number of benzene rings is 2. The first-order chi connectivity index (χ1) is 24.1.